The summed E-state index contributed by atoms with van der Waals surface area (Å²) in [7, 11) is 0. The Bertz CT molecular complexity index is 506. The van der Waals surface area contributed by atoms with Crippen LogP contribution >= 0.6 is 11.6 Å². The van der Waals surface area contributed by atoms with Crippen LogP contribution in [0.5, 0.6) is 0 Å². The molecule has 2 nitrogen and oxygen atoms in total. The van der Waals surface area contributed by atoms with Gasteiger partial charge in [0.15, 0.2) is 0 Å². The number of aryl methyl sites for hydroxylation is 1. The summed E-state index contributed by atoms with van der Waals surface area (Å²) < 4.78 is 13.5. The molecule has 2 aromatic carbocycles. The van der Waals surface area contributed by atoms with Gasteiger partial charge in [0.25, 0.3) is 0 Å². The van der Waals surface area contributed by atoms with Gasteiger partial charge in [0.2, 0.25) is 0 Å². The van der Waals surface area contributed by atoms with Crippen LogP contribution in [0.25, 0.3) is 0 Å². The molecule has 0 aromatic heterocycles. The zero-order chi connectivity index (χ0) is 12.4. The Labute approximate surface area is 104 Å². The Balaban J connectivity index is 2.37. The van der Waals surface area contributed by atoms with Gasteiger partial charge in [-0.15, -0.1) is 0 Å². The number of anilines is 3. The molecule has 0 unspecified atom stereocenters. The third-order valence-corrected chi connectivity index (χ3v) is 2.64. The van der Waals surface area contributed by atoms with Crippen LogP contribution in [-0.4, -0.2) is 0 Å². The molecule has 0 spiro atoms. The zero-order valence-electron chi connectivity index (χ0n) is 9.30. The fourth-order valence-electron chi connectivity index (χ4n) is 1.52. The fraction of sp³-hybridized carbons (Fsp3) is 0.0769. The highest BCUT2D eigenvalue weighted by molar-refractivity contribution is 6.30. The number of halogens is 2. The van der Waals surface area contributed by atoms with Gasteiger partial charge in [-0.3, -0.25) is 0 Å². The molecule has 0 aliphatic rings. The van der Waals surface area contributed by atoms with E-state index < -0.39 is 0 Å². The second kappa shape index (κ2) is 4.63. The summed E-state index contributed by atoms with van der Waals surface area (Å²) in [6.45, 7) is 1.94. The topological polar surface area (TPSA) is 38.0 Å². The van der Waals surface area contributed by atoms with E-state index in [9.17, 15) is 4.39 Å². The highest BCUT2D eigenvalue weighted by atomic mass is 35.5. The van der Waals surface area contributed by atoms with Crippen molar-refractivity contribution in [3.05, 3.63) is 52.8 Å². The number of nitrogens with two attached hydrogens (primary N) is 1. The molecule has 0 atom stereocenters. The molecule has 2 rings (SSSR count). The summed E-state index contributed by atoms with van der Waals surface area (Å²) >= 11 is 5.82. The first-order chi connectivity index (χ1) is 8.06. The summed E-state index contributed by atoms with van der Waals surface area (Å²) in [6, 6.07) is 9.88. The first-order valence-electron chi connectivity index (χ1n) is 5.14. The molecular formula is C13H12ClFN2. The van der Waals surface area contributed by atoms with Crippen LogP contribution in [0.15, 0.2) is 36.4 Å². The first-order valence-corrected chi connectivity index (χ1v) is 5.52. The Morgan fingerprint density at radius 3 is 2.65 bits per heavy atom. The predicted octanol–water partition coefficient (Wildman–Crippen LogP) is 4.11. The normalized spacial score (nSPS) is 10.3. The molecule has 0 amide bonds. The molecule has 2 aromatic rings. The van der Waals surface area contributed by atoms with Crippen LogP contribution in [0, 0.1) is 12.7 Å². The lowest BCUT2D eigenvalue weighted by atomic mass is 10.2. The van der Waals surface area contributed by atoms with Crippen molar-refractivity contribution in [3.63, 3.8) is 0 Å². The van der Waals surface area contributed by atoms with Crippen LogP contribution < -0.4 is 11.1 Å². The van der Waals surface area contributed by atoms with E-state index in [0.29, 0.717) is 22.1 Å². The average Bonchev–Trinajstić information content (AvgIpc) is 2.28. The van der Waals surface area contributed by atoms with Gasteiger partial charge in [-0.25, -0.2) is 4.39 Å². The summed E-state index contributed by atoms with van der Waals surface area (Å²) in [5, 5.41) is 3.41. The van der Waals surface area contributed by atoms with E-state index >= 15 is 0 Å². The van der Waals surface area contributed by atoms with E-state index in [1.807, 2.05) is 19.1 Å². The van der Waals surface area contributed by atoms with Gasteiger partial charge in [0, 0.05) is 5.02 Å². The molecule has 3 N–H and O–H groups in total. The lowest BCUT2D eigenvalue weighted by Gasteiger charge is -2.11. The molecule has 0 saturated heterocycles. The SMILES string of the molecule is Cc1ccc(N)c(Nc2cc(Cl)ccc2F)c1. The minimum absolute atomic E-state index is 0.315. The van der Waals surface area contributed by atoms with Crippen LogP contribution in [-0.2, 0) is 0 Å². The standard InChI is InChI=1S/C13H12ClFN2/c1-8-2-5-11(16)13(6-8)17-12-7-9(14)3-4-10(12)15/h2-7,17H,16H2,1H3. The second-order valence-electron chi connectivity index (χ2n) is 3.84. The molecule has 0 fully saturated rings. The van der Waals surface area contributed by atoms with Crippen molar-refractivity contribution >= 4 is 28.7 Å². The monoisotopic (exact) mass is 250 g/mol. The Kier molecular flexibility index (Phi) is 3.20. The summed E-state index contributed by atoms with van der Waals surface area (Å²) in [5.41, 5.74) is 8.40. The third kappa shape index (κ3) is 2.68. The van der Waals surface area contributed by atoms with E-state index in [4.69, 9.17) is 17.3 Å². The van der Waals surface area contributed by atoms with E-state index in [2.05, 4.69) is 5.32 Å². The fourth-order valence-corrected chi connectivity index (χ4v) is 1.69. The first kappa shape index (κ1) is 11.7. The quantitative estimate of drug-likeness (QED) is 0.787. The van der Waals surface area contributed by atoms with Crippen molar-refractivity contribution in [1.82, 2.24) is 0 Å². The summed E-state index contributed by atoms with van der Waals surface area (Å²) in [5.74, 6) is -0.365. The Hall–Kier alpha value is -1.74. The maximum Gasteiger partial charge on any atom is 0.146 e. The lowest BCUT2D eigenvalue weighted by Crippen LogP contribution is -1.98. The van der Waals surface area contributed by atoms with Crippen molar-refractivity contribution in [2.24, 2.45) is 0 Å². The number of nitrogen functional groups attached to an aromatic ring is 1. The van der Waals surface area contributed by atoms with Gasteiger partial charge < -0.3 is 11.1 Å². The van der Waals surface area contributed by atoms with Crippen LogP contribution in [0.4, 0.5) is 21.5 Å². The number of nitrogens with one attached hydrogen (secondary N) is 1. The van der Waals surface area contributed by atoms with Crippen LogP contribution in [0.1, 0.15) is 5.56 Å². The highest BCUT2D eigenvalue weighted by Gasteiger charge is 2.05. The summed E-state index contributed by atoms with van der Waals surface area (Å²) in [6.07, 6.45) is 0. The highest BCUT2D eigenvalue weighted by Crippen LogP contribution is 2.27. The lowest BCUT2D eigenvalue weighted by molar-refractivity contribution is 0.632. The van der Waals surface area contributed by atoms with E-state index in [1.54, 1.807) is 6.07 Å². The molecule has 88 valence electrons. The smallest absolute Gasteiger partial charge is 0.146 e. The van der Waals surface area contributed by atoms with Crippen LogP contribution in [0.3, 0.4) is 0 Å². The van der Waals surface area contributed by atoms with Crippen molar-refractivity contribution in [2.45, 2.75) is 6.92 Å². The second-order valence-corrected chi connectivity index (χ2v) is 4.28. The molecule has 0 bridgehead atoms. The van der Waals surface area contributed by atoms with Gasteiger partial charge in [0.1, 0.15) is 5.82 Å². The average molecular weight is 251 g/mol. The number of hydrogen-bond donors (Lipinski definition) is 2. The maximum absolute atomic E-state index is 13.5. The van der Waals surface area contributed by atoms with Crippen LogP contribution in [0.2, 0.25) is 5.02 Å². The third-order valence-electron chi connectivity index (χ3n) is 2.41. The Morgan fingerprint density at radius 2 is 1.88 bits per heavy atom. The van der Waals surface area contributed by atoms with Gasteiger partial charge in [-0.1, -0.05) is 17.7 Å². The Morgan fingerprint density at radius 1 is 1.12 bits per heavy atom. The predicted molar refractivity (Wildman–Crippen MR) is 70.3 cm³/mol. The van der Waals surface area contributed by atoms with E-state index in [-0.39, 0.29) is 5.82 Å². The molecule has 0 radical (unpaired) electrons. The molecule has 0 aliphatic carbocycles. The molecular weight excluding hydrogens is 239 g/mol. The molecule has 0 heterocycles. The van der Waals surface area contributed by atoms with Gasteiger partial charge in [-0.2, -0.15) is 0 Å². The van der Waals surface area contributed by atoms with Crippen molar-refractivity contribution in [1.29, 1.82) is 0 Å². The van der Waals surface area contributed by atoms with Gasteiger partial charge >= 0.3 is 0 Å². The maximum atomic E-state index is 13.5. The van der Waals surface area contributed by atoms with Crippen molar-refractivity contribution in [3.8, 4) is 0 Å². The molecule has 0 saturated carbocycles. The van der Waals surface area contributed by atoms with Gasteiger partial charge in [0.05, 0.1) is 17.1 Å². The van der Waals surface area contributed by atoms with E-state index in [0.717, 1.165) is 5.56 Å². The zero-order valence-corrected chi connectivity index (χ0v) is 10.1. The minimum atomic E-state index is -0.365. The molecule has 4 heteroatoms. The van der Waals surface area contributed by atoms with Crippen molar-refractivity contribution in [2.75, 3.05) is 11.1 Å². The number of benzene rings is 2. The number of rotatable bonds is 2. The number of hydrogen-bond acceptors (Lipinski definition) is 2. The van der Waals surface area contributed by atoms with E-state index in [1.165, 1.54) is 18.2 Å². The molecule has 0 aliphatic heterocycles. The molecule has 17 heavy (non-hydrogen) atoms. The van der Waals surface area contributed by atoms with Crippen molar-refractivity contribution < 1.29 is 4.39 Å². The largest absolute Gasteiger partial charge is 0.397 e. The summed E-state index contributed by atoms with van der Waals surface area (Å²) in [4.78, 5) is 0. The minimum Gasteiger partial charge on any atom is -0.397 e. The van der Waals surface area contributed by atoms with Gasteiger partial charge in [-0.05, 0) is 42.8 Å².